The highest BCUT2D eigenvalue weighted by Crippen LogP contribution is 2.33. The molecule has 6 rings (SSSR count). The second kappa shape index (κ2) is 10.7. The highest BCUT2D eigenvalue weighted by molar-refractivity contribution is 6.31. The van der Waals surface area contributed by atoms with Gasteiger partial charge in [0.25, 0.3) is 5.56 Å². The monoisotopic (exact) mass is 569 g/mol. The summed E-state index contributed by atoms with van der Waals surface area (Å²) in [7, 11) is 7.68. The first kappa shape index (κ1) is 27.0. The Morgan fingerprint density at radius 2 is 1.98 bits per heavy atom. The molecule has 0 amide bonds. The summed E-state index contributed by atoms with van der Waals surface area (Å²) in [6.07, 6.45) is 4.07. The molecule has 41 heavy (non-hydrogen) atoms. The number of rotatable bonds is 8. The van der Waals surface area contributed by atoms with E-state index in [2.05, 4.69) is 15.5 Å². The molecular weight excluding hydrogens is 538 g/mol. The van der Waals surface area contributed by atoms with E-state index >= 15 is 0 Å². The smallest absolute Gasteiger partial charge is 0.266 e. The van der Waals surface area contributed by atoms with Crippen molar-refractivity contribution in [3.63, 3.8) is 0 Å². The summed E-state index contributed by atoms with van der Waals surface area (Å²) in [6, 6.07) is 13.6. The van der Waals surface area contributed by atoms with E-state index in [0.29, 0.717) is 51.9 Å². The summed E-state index contributed by atoms with van der Waals surface area (Å²) in [6.45, 7) is 2.43. The van der Waals surface area contributed by atoms with Crippen LogP contribution in [0.3, 0.4) is 0 Å². The molecule has 10 nitrogen and oxygen atoms in total. The fourth-order valence-electron chi connectivity index (χ4n) is 5.25. The highest BCUT2D eigenvalue weighted by atomic mass is 35.5. The van der Waals surface area contributed by atoms with Crippen molar-refractivity contribution in [2.24, 2.45) is 25.0 Å². The minimum atomic E-state index is -0.169. The number of nitriles is 1. The van der Waals surface area contributed by atoms with Gasteiger partial charge in [0.2, 0.25) is 5.62 Å². The van der Waals surface area contributed by atoms with Gasteiger partial charge >= 0.3 is 0 Å². The van der Waals surface area contributed by atoms with Crippen LogP contribution in [0.2, 0.25) is 5.02 Å². The fourth-order valence-corrected chi connectivity index (χ4v) is 5.43. The molecule has 0 unspecified atom stereocenters. The van der Waals surface area contributed by atoms with Crippen LogP contribution in [0.4, 0.5) is 0 Å². The molecule has 1 saturated carbocycles. The lowest BCUT2D eigenvalue weighted by Gasteiger charge is -2.13. The molecule has 0 aliphatic heterocycles. The van der Waals surface area contributed by atoms with Crippen molar-refractivity contribution in [3.8, 4) is 17.5 Å². The van der Waals surface area contributed by atoms with Crippen LogP contribution in [0.5, 0.6) is 0 Å². The number of aromatic nitrogens is 6. The van der Waals surface area contributed by atoms with E-state index in [4.69, 9.17) is 26.7 Å². The van der Waals surface area contributed by atoms with E-state index in [1.54, 1.807) is 17.8 Å². The molecular formula is C30H32ClN9O. The molecule has 5 aromatic rings. The second-order valence-electron chi connectivity index (χ2n) is 11.1. The van der Waals surface area contributed by atoms with Crippen molar-refractivity contribution in [2.45, 2.75) is 25.9 Å². The molecule has 1 aliphatic carbocycles. The third kappa shape index (κ3) is 5.19. The van der Waals surface area contributed by atoms with Crippen LogP contribution in [-0.2, 0) is 27.2 Å². The van der Waals surface area contributed by atoms with E-state index in [1.807, 2.05) is 66.8 Å². The van der Waals surface area contributed by atoms with Gasteiger partial charge in [0.15, 0.2) is 5.65 Å². The Kier molecular flexibility index (Phi) is 7.01. The van der Waals surface area contributed by atoms with Crippen molar-refractivity contribution in [1.82, 2.24) is 33.4 Å². The van der Waals surface area contributed by atoms with Crippen LogP contribution in [0.15, 0.2) is 52.4 Å². The standard InChI is InChI=1S/C30H32ClN9O/c1-36(2)12-11-33-30-38(4)29(41)26-27(25-13-20(15-32)16-37(25)3)40(35-28(26)39(30)17-19-5-6-19)18-23-9-7-21-14-22(31)8-10-24(21)34-23/h7-10,13-14,16,19H,5-6,11-12,17-18H2,1-4H3. The van der Waals surface area contributed by atoms with Crippen LogP contribution in [-0.4, -0.2) is 60.6 Å². The van der Waals surface area contributed by atoms with Crippen LogP contribution in [0.1, 0.15) is 24.1 Å². The van der Waals surface area contributed by atoms with Gasteiger partial charge in [-0.15, -0.1) is 0 Å². The van der Waals surface area contributed by atoms with Crippen LogP contribution >= 0.6 is 11.6 Å². The summed E-state index contributed by atoms with van der Waals surface area (Å²) in [5.41, 5.74) is 4.60. The SMILES string of the molecule is CN(C)CCN=c1n(C)c(=O)c2c(-c3cc(C#N)cn3C)n(Cc3ccc4cc(Cl)ccc4n3)nc2n1CC1CC1. The Hall–Kier alpha value is -4.20. The molecule has 1 aliphatic rings. The van der Waals surface area contributed by atoms with Gasteiger partial charge in [-0.2, -0.15) is 10.4 Å². The molecule has 0 spiro atoms. The number of hydrogen-bond donors (Lipinski definition) is 0. The van der Waals surface area contributed by atoms with Gasteiger partial charge in [0.05, 0.1) is 35.6 Å². The van der Waals surface area contributed by atoms with Gasteiger partial charge in [-0.05, 0) is 63.2 Å². The number of fused-ring (bicyclic) bond motifs is 2. The molecule has 1 aromatic carbocycles. The lowest BCUT2D eigenvalue weighted by molar-refractivity contribution is 0.415. The van der Waals surface area contributed by atoms with Crippen molar-refractivity contribution in [3.05, 3.63) is 74.8 Å². The van der Waals surface area contributed by atoms with Gasteiger partial charge in [-0.25, -0.2) is 0 Å². The molecule has 4 heterocycles. The average molecular weight is 570 g/mol. The lowest BCUT2D eigenvalue weighted by atomic mass is 10.2. The quantitative estimate of drug-likeness (QED) is 0.284. The molecule has 210 valence electrons. The Morgan fingerprint density at radius 3 is 2.68 bits per heavy atom. The number of hydrogen-bond acceptors (Lipinski definition) is 6. The van der Waals surface area contributed by atoms with E-state index in [9.17, 15) is 10.1 Å². The van der Waals surface area contributed by atoms with Gasteiger partial charge in [0.1, 0.15) is 17.1 Å². The first-order valence-electron chi connectivity index (χ1n) is 13.7. The number of halogens is 1. The summed E-state index contributed by atoms with van der Waals surface area (Å²) < 4.78 is 7.47. The third-order valence-corrected chi connectivity index (χ3v) is 7.82. The minimum absolute atomic E-state index is 0.169. The first-order chi connectivity index (χ1) is 19.7. The molecule has 0 atom stereocenters. The molecule has 0 saturated heterocycles. The Morgan fingerprint density at radius 1 is 1.17 bits per heavy atom. The maximum atomic E-state index is 14.1. The fraction of sp³-hybridized carbons (Fsp3) is 0.367. The summed E-state index contributed by atoms with van der Waals surface area (Å²) in [4.78, 5) is 25.9. The first-order valence-corrected chi connectivity index (χ1v) is 14.1. The van der Waals surface area contributed by atoms with Crippen molar-refractivity contribution >= 4 is 33.5 Å². The largest absolute Gasteiger partial charge is 0.348 e. The normalized spacial score (nSPS) is 14.0. The van der Waals surface area contributed by atoms with E-state index < -0.39 is 0 Å². The van der Waals surface area contributed by atoms with Crippen LogP contribution < -0.4 is 11.2 Å². The molecule has 0 radical (unpaired) electrons. The Bertz CT molecular complexity index is 1960. The average Bonchev–Trinajstić information content (AvgIpc) is 3.58. The van der Waals surface area contributed by atoms with Crippen molar-refractivity contribution in [2.75, 3.05) is 27.2 Å². The van der Waals surface area contributed by atoms with E-state index in [1.165, 1.54) is 0 Å². The van der Waals surface area contributed by atoms with Crippen molar-refractivity contribution in [1.29, 1.82) is 5.26 Å². The Labute approximate surface area is 242 Å². The van der Waals surface area contributed by atoms with Gasteiger partial charge < -0.3 is 9.47 Å². The zero-order valence-corrected chi connectivity index (χ0v) is 24.4. The number of pyridine rings is 1. The maximum absolute atomic E-state index is 14.1. The lowest BCUT2D eigenvalue weighted by Crippen LogP contribution is -2.40. The minimum Gasteiger partial charge on any atom is -0.348 e. The predicted molar refractivity (Wildman–Crippen MR) is 160 cm³/mol. The maximum Gasteiger partial charge on any atom is 0.266 e. The van der Waals surface area contributed by atoms with Gasteiger partial charge in [0, 0.05) is 43.8 Å². The number of likely N-dealkylation sites (N-methyl/N-ethyl adjacent to an activating group) is 1. The zero-order valence-electron chi connectivity index (χ0n) is 23.7. The highest BCUT2D eigenvalue weighted by Gasteiger charge is 2.28. The molecule has 4 aromatic heterocycles. The molecule has 11 heteroatoms. The second-order valence-corrected chi connectivity index (χ2v) is 11.5. The molecule has 0 bridgehead atoms. The van der Waals surface area contributed by atoms with Crippen LogP contribution in [0, 0.1) is 17.2 Å². The summed E-state index contributed by atoms with van der Waals surface area (Å²) in [5, 5.41) is 16.8. The predicted octanol–water partition coefficient (Wildman–Crippen LogP) is 3.54. The van der Waals surface area contributed by atoms with Crippen molar-refractivity contribution < 1.29 is 0 Å². The Balaban J connectivity index is 1.61. The zero-order chi connectivity index (χ0) is 28.8. The third-order valence-electron chi connectivity index (χ3n) is 7.59. The number of benzene rings is 1. The molecule has 0 N–H and O–H groups in total. The molecule has 1 fully saturated rings. The van der Waals surface area contributed by atoms with E-state index in [-0.39, 0.29) is 5.56 Å². The van der Waals surface area contributed by atoms with E-state index in [0.717, 1.165) is 48.2 Å². The summed E-state index contributed by atoms with van der Waals surface area (Å²) >= 11 is 6.18. The topological polar surface area (TPSA) is 102 Å². The number of nitrogens with zero attached hydrogens (tertiary/aromatic N) is 9. The van der Waals surface area contributed by atoms with Gasteiger partial charge in [-0.3, -0.25) is 28.6 Å². The summed E-state index contributed by atoms with van der Waals surface area (Å²) in [5.74, 6) is 0.534. The van der Waals surface area contributed by atoms with Gasteiger partial charge in [-0.1, -0.05) is 17.7 Å². The number of aryl methyl sites for hydroxylation is 1. The van der Waals surface area contributed by atoms with Crippen LogP contribution in [0.25, 0.3) is 33.3 Å².